The van der Waals surface area contributed by atoms with E-state index in [0.29, 0.717) is 39.7 Å². The minimum atomic E-state index is -0.347. The van der Waals surface area contributed by atoms with Crippen molar-refractivity contribution in [1.29, 1.82) is 0 Å². The third kappa shape index (κ3) is 4.13. The second-order valence-corrected chi connectivity index (χ2v) is 9.80. The van der Waals surface area contributed by atoms with Crippen LogP contribution in [0, 0.1) is 5.82 Å². The number of aromatic nitrogens is 2. The number of fused-ring (bicyclic) bond motifs is 2. The molecule has 6 rings (SSSR count). The zero-order chi connectivity index (χ0) is 26.4. The van der Waals surface area contributed by atoms with Gasteiger partial charge in [-0.3, -0.25) is 4.79 Å². The number of nitrogens with zero attached hydrogens (tertiary/aromatic N) is 4. The Hall–Kier alpha value is -4.40. The first-order valence-electron chi connectivity index (χ1n) is 12.6. The number of amides is 1. The van der Waals surface area contributed by atoms with Crippen LogP contribution in [0.5, 0.6) is 0 Å². The van der Waals surface area contributed by atoms with Gasteiger partial charge >= 0.3 is 0 Å². The van der Waals surface area contributed by atoms with E-state index >= 15 is 0 Å². The van der Waals surface area contributed by atoms with Gasteiger partial charge in [0.15, 0.2) is 5.58 Å². The number of anilines is 2. The van der Waals surface area contributed by atoms with Crippen molar-refractivity contribution < 1.29 is 18.0 Å². The minimum Gasteiger partial charge on any atom is -0.455 e. The molecular formula is C29H28FN5O3. The molecule has 1 atom stereocenters. The summed E-state index contributed by atoms with van der Waals surface area (Å²) in [6, 6.07) is 14.3. The summed E-state index contributed by atoms with van der Waals surface area (Å²) >= 11 is 0. The largest absolute Gasteiger partial charge is 0.455 e. The number of hydrogen-bond acceptors (Lipinski definition) is 7. The maximum atomic E-state index is 13.6. The SMILES string of the molecule is CNC(=O)c1c(-c2ccc(F)cc2)oc2cc(N(C)C)c(C3CCCN(c4nc5ncccc5o4)C3)cc12. The molecule has 1 amide bonds. The fourth-order valence-corrected chi connectivity index (χ4v) is 5.32. The molecule has 0 spiro atoms. The summed E-state index contributed by atoms with van der Waals surface area (Å²) in [5, 5.41) is 3.47. The van der Waals surface area contributed by atoms with Crippen LogP contribution in [-0.2, 0) is 0 Å². The molecule has 0 radical (unpaired) electrons. The molecule has 1 saturated heterocycles. The molecule has 5 aromatic rings. The second kappa shape index (κ2) is 9.48. The lowest BCUT2D eigenvalue weighted by Crippen LogP contribution is -2.35. The Morgan fingerprint density at radius 3 is 2.68 bits per heavy atom. The van der Waals surface area contributed by atoms with E-state index in [1.807, 2.05) is 32.3 Å². The average Bonchev–Trinajstić information content (AvgIpc) is 3.54. The molecule has 1 unspecified atom stereocenters. The van der Waals surface area contributed by atoms with Gasteiger partial charge in [0.25, 0.3) is 11.9 Å². The van der Waals surface area contributed by atoms with Crippen LogP contribution in [0.3, 0.4) is 0 Å². The summed E-state index contributed by atoms with van der Waals surface area (Å²) in [6.07, 6.45) is 3.66. The molecule has 1 aliphatic heterocycles. The molecular weight excluding hydrogens is 485 g/mol. The quantitative estimate of drug-likeness (QED) is 0.328. The van der Waals surface area contributed by atoms with E-state index in [4.69, 9.17) is 8.83 Å². The lowest BCUT2D eigenvalue weighted by molar-refractivity contribution is 0.0964. The van der Waals surface area contributed by atoms with Crippen LogP contribution in [0.2, 0.25) is 0 Å². The second-order valence-electron chi connectivity index (χ2n) is 9.80. The molecule has 0 aliphatic carbocycles. The van der Waals surface area contributed by atoms with E-state index in [9.17, 15) is 9.18 Å². The predicted octanol–water partition coefficient (Wildman–Crippen LogP) is 5.58. The number of hydrogen-bond donors (Lipinski definition) is 1. The van der Waals surface area contributed by atoms with E-state index in [-0.39, 0.29) is 17.6 Å². The monoisotopic (exact) mass is 513 g/mol. The Morgan fingerprint density at radius 2 is 1.95 bits per heavy atom. The van der Waals surface area contributed by atoms with E-state index in [0.717, 1.165) is 42.6 Å². The number of carbonyl (C=O) groups is 1. The molecule has 4 heterocycles. The number of piperidine rings is 1. The van der Waals surface area contributed by atoms with Gasteiger partial charge in [0.1, 0.15) is 17.2 Å². The number of benzene rings is 2. The van der Waals surface area contributed by atoms with Crippen LogP contribution < -0.4 is 15.1 Å². The summed E-state index contributed by atoms with van der Waals surface area (Å²) < 4.78 is 25.9. The molecule has 8 nitrogen and oxygen atoms in total. The van der Waals surface area contributed by atoms with E-state index < -0.39 is 0 Å². The van der Waals surface area contributed by atoms with Crippen LogP contribution >= 0.6 is 0 Å². The van der Waals surface area contributed by atoms with Crippen LogP contribution in [0.4, 0.5) is 16.1 Å². The number of rotatable bonds is 5. The highest BCUT2D eigenvalue weighted by molar-refractivity contribution is 6.11. The molecule has 1 N–H and O–H groups in total. The molecule has 38 heavy (non-hydrogen) atoms. The van der Waals surface area contributed by atoms with Gasteiger partial charge in [-0.25, -0.2) is 9.37 Å². The number of pyridine rings is 1. The molecule has 3 aromatic heterocycles. The van der Waals surface area contributed by atoms with Crippen molar-refractivity contribution in [2.45, 2.75) is 18.8 Å². The average molecular weight is 514 g/mol. The molecule has 194 valence electrons. The Kier molecular flexibility index (Phi) is 5.98. The standard InChI is InChI=1S/C29H28FN5O3/c1-31-28(36)25-21-14-20(18-6-5-13-35(16-18)29-33-27-23(38-29)7-4-12-32-27)22(34(2)3)15-24(21)37-26(25)17-8-10-19(30)11-9-17/h4,7-12,14-15,18H,5-6,13,16H2,1-3H3,(H,31,36). The highest BCUT2D eigenvalue weighted by Crippen LogP contribution is 2.41. The molecule has 1 fully saturated rings. The van der Waals surface area contributed by atoms with Gasteiger partial charge in [-0.1, -0.05) is 0 Å². The Balaban J connectivity index is 1.45. The molecule has 0 bridgehead atoms. The van der Waals surface area contributed by atoms with E-state index in [2.05, 4.69) is 31.2 Å². The van der Waals surface area contributed by atoms with Crippen molar-refractivity contribution in [2.24, 2.45) is 0 Å². The summed E-state index contributed by atoms with van der Waals surface area (Å²) in [5.74, 6) is -0.00308. The van der Waals surface area contributed by atoms with Crippen molar-refractivity contribution in [3.05, 3.63) is 71.7 Å². The van der Waals surface area contributed by atoms with Gasteiger partial charge < -0.3 is 24.0 Å². The number of carbonyl (C=O) groups excluding carboxylic acids is 1. The van der Waals surface area contributed by atoms with Crippen molar-refractivity contribution in [3.8, 4) is 11.3 Å². The first-order chi connectivity index (χ1) is 18.4. The zero-order valence-electron chi connectivity index (χ0n) is 21.5. The third-order valence-electron chi connectivity index (χ3n) is 7.17. The topological polar surface area (TPSA) is 87.6 Å². The van der Waals surface area contributed by atoms with Gasteiger partial charge in [0, 0.05) is 69.1 Å². The van der Waals surface area contributed by atoms with Gasteiger partial charge in [-0.05, 0) is 60.9 Å². The highest BCUT2D eigenvalue weighted by Gasteiger charge is 2.29. The van der Waals surface area contributed by atoms with Crippen molar-refractivity contribution in [2.75, 3.05) is 44.0 Å². The number of furan rings is 1. The van der Waals surface area contributed by atoms with Gasteiger partial charge in [-0.2, -0.15) is 4.98 Å². The maximum Gasteiger partial charge on any atom is 0.299 e. The van der Waals surface area contributed by atoms with E-state index in [1.165, 1.54) is 12.1 Å². The summed E-state index contributed by atoms with van der Waals surface area (Å²) in [4.78, 5) is 26.2. The normalized spacial score (nSPS) is 15.8. The Morgan fingerprint density at radius 1 is 1.13 bits per heavy atom. The zero-order valence-corrected chi connectivity index (χ0v) is 21.5. The predicted molar refractivity (Wildman–Crippen MR) is 145 cm³/mol. The molecule has 9 heteroatoms. The molecule has 0 saturated carbocycles. The number of nitrogens with one attached hydrogen (secondary N) is 1. The Labute approximate surface area is 219 Å². The van der Waals surface area contributed by atoms with Gasteiger partial charge in [0.05, 0.1) is 5.56 Å². The van der Waals surface area contributed by atoms with Crippen LogP contribution in [0.25, 0.3) is 33.5 Å². The summed E-state index contributed by atoms with van der Waals surface area (Å²) in [6.45, 7) is 1.56. The molecule has 2 aromatic carbocycles. The smallest absolute Gasteiger partial charge is 0.299 e. The van der Waals surface area contributed by atoms with Crippen molar-refractivity contribution in [3.63, 3.8) is 0 Å². The first-order valence-corrected chi connectivity index (χ1v) is 12.6. The maximum absolute atomic E-state index is 13.6. The van der Waals surface area contributed by atoms with Crippen LogP contribution in [-0.4, -0.2) is 50.1 Å². The first kappa shape index (κ1) is 24.0. The minimum absolute atomic E-state index is 0.176. The Bertz CT molecular complexity index is 1610. The van der Waals surface area contributed by atoms with E-state index in [1.54, 1.807) is 25.4 Å². The van der Waals surface area contributed by atoms with Crippen molar-refractivity contribution >= 4 is 39.8 Å². The summed E-state index contributed by atoms with van der Waals surface area (Å²) in [7, 11) is 5.60. The number of halogens is 1. The van der Waals surface area contributed by atoms with Crippen molar-refractivity contribution in [1.82, 2.24) is 15.3 Å². The third-order valence-corrected chi connectivity index (χ3v) is 7.17. The molecule has 1 aliphatic rings. The lowest BCUT2D eigenvalue weighted by atomic mass is 9.88. The highest BCUT2D eigenvalue weighted by atomic mass is 19.1. The van der Waals surface area contributed by atoms with Gasteiger partial charge in [0.2, 0.25) is 5.65 Å². The van der Waals surface area contributed by atoms with Gasteiger partial charge in [-0.15, -0.1) is 0 Å². The van der Waals surface area contributed by atoms with Crippen LogP contribution in [0.1, 0.15) is 34.7 Å². The fourth-order valence-electron chi connectivity index (χ4n) is 5.32. The van der Waals surface area contributed by atoms with Crippen LogP contribution in [0.15, 0.2) is 63.6 Å². The fraction of sp³-hybridized carbons (Fsp3) is 0.276. The summed E-state index contributed by atoms with van der Waals surface area (Å²) in [5.41, 5.74) is 5.10. The number of oxazole rings is 1. The lowest BCUT2D eigenvalue weighted by Gasteiger charge is -2.33.